The molecule has 1 saturated carbocycles. The third kappa shape index (κ3) is 4.38. The first-order valence-electron chi connectivity index (χ1n) is 12.8. The highest BCUT2D eigenvalue weighted by Crippen LogP contribution is 2.53. The van der Waals surface area contributed by atoms with Gasteiger partial charge in [0, 0.05) is 36.0 Å². The molecule has 2 aromatic rings. The van der Waals surface area contributed by atoms with Gasteiger partial charge in [0.1, 0.15) is 5.75 Å². The van der Waals surface area contributed by atoms with E-state index in [1.54, 1.807) is 7.11 Å². The van der Waals surface area contributed by atoms with Crippen LogP contribution in [0.25, 0.3) is 0 Å². The zero-order chi connectivity index (χ0) is 23.1. The van der Waals surface area contributed by atoms with Gasteiger partial charge in [-0.15, -0.1) is 11.3 Å². The van der Waals surface area contributed by atoms with Crippen LogP contribution in [0.4, 0.5) is 0 Å². The Morgan fingerprint density at radius 2 is 1.91 bits per heavy atom. The zero-order valence-corrected chi connectivity index (χ0v) is 21.4. The van der Waals surface area contributed by atoms with Gasteiger partial charge in [0.25, 0.3) is 0 Å². The number of benzene rings is 1. The van der Waals surface area contributed by atoms with E-state index in [1.807, 2.05) is 11.3 Å². The Morgan fingerprint density at radius 1 is 1.12 bits per heavy atom. The molecule has 3 unspecified atom stereocenters. The molecule has 1 aliphatic carbocycles. The van der Waals surface area contributed by atoms with Crippen molar-refractivity contribution in [2.45, 2.75) is 69.4 Å². The number of aliphatic hydroxyl groups is 1. The lowest BCUT2D eigenvalue weighted by Gasteiger charge is -2.58. The van der Waals surface area contributed by atoms with Crippen LogP contribution in [0.15, 0.2) is 35.7 Å². The molecule has 1 N–H and O–H groups in total. The standard InChI is InChI=1S/C28H40N2O2S/c1-21-6-9-24(32-3)19-26(21)27-11-15-29(14-10-25-5-4-18-33-25)16-13-28(27,31)22(2)30(17-12-27)20-23-7-8-23/h4-6,9,18-19,22-23,31H,7-8,10-17,20H2,1-3H3. The second kappa shape index (κ2) is 9.33. The van der Waals surface area contributed by atoms with E-state index < -0.39 is 5.60 Å². The molecule has 2 aliphatic heterocycles. The molecule has 2 saturated heterocycles. The van der Waals surface area contributed by atoms with Crippen LogP contribution in [0, 0.1) is 12.8 Å². The minimum absolute atomic E-state index is 0.162. The first-order valence-corrected chi connectivity index (χ1v) is 13.7. The van der Waals surface area contributed by atoms with Crippen LogP contribution >= 0.6 is 11.3 Å². The molecule has 0 bridgehead atoms. The summed E-state index contributed by atoms with van der Waals surface area (Å²) in [7, 11) is 1.75. The summed E-state index contributed by atoms with van der Waals surface area (Å²) in [6, 6.07) is 11.0. The monoisotopic (exact) mass is 468 g/mol. The fourth-order valence-corrected chi connectivity index (χ4v) is 7.30. The molecule has 5 heteroatoms. The molecule has 5 rings (SSSR count). The summed E-state index contributed by atoms with van der Waals surface area (Å²) < 4.78 is 5.65. The molecule has 3 heterocycles. The van der Waals surface area contributed by atoms with Crippen LogP contribution in [0.5, 0.6) is 5.75 Å². The Kier molecular flexibility index (Phi) is 6.60. The van der Waals surface area contributed by atoms with Crippen molar-refractivity contribution in [3.8, 4) is 5.75 Å². The van der Waals surface area contributed by atoms with Gasteiger partial charge in [0.2, 0.25) is 0 Å². The summed E-state index contributed by atoms with van der Waals surface area (Å²) >= 11 is 1.85. The van der Waals surface area contributed by atoms with Crippen molar-refractivity contribution in [2.24, 2.45) is 5.92 Å². The number of fused-ring (bicyclic) bond motifs is 1. The zero-order valence-electron chi connectivity index (χ0n) is 20.6. The number of nitrogens with zero attached hydrogens (tertiary/aromatic N) is 2. The summed E-state index contributed by atoms with van der Waals surface area (Å²) in [6.45, 7) is 9.82. The van der Waals surface area contributed by atoms with Gasteiger partial charge < -0.3 is 14.7 Å². The molecule has 1 aromatic carbocycles. The van der Waals surface area contributed by atoms with Gasteiger partial charge in [-0.2, -0.15) is 0 Å². The van der Waals surface area contributed by atoms with E-state index in [1.165, 1.54) is 28.8 Å². The second-order valence-electron chi connectivity index (χ2n) is 10.7. The van der Waals surface area contributed by atoms with Crippen molar-refractivity contribution in [2.75, 3.05) is 39.8 Å². The number of hydrogen-bond acceptors (Lipinski definition) is 5. The molecule has 180 valence electrons. The molecule has 33 heavy (non-hydrogen) atoms. The SMILES string of the molecule is COc1ccc(C)c(C23CCN(CCc4cccs4)CCC2(O)C(C)N(CC2CC2)CC3)c1. The third-order valence-electron chi connectivity index (χ3n) is 8.96. The molecule has 1 aromatic heterocycles. The molecule has 3 fully saturated rings. The number of piperidine rings is 1. The lowest BCUT2D eigenvalue weighted by atomic mass is 9.57. The summed E-state index contributed by atoms with van der Waals surface area (Å²) in [6.07, 6.45) is 6.68. The highest BCUT2D eigenvalue weighted by atomic mass is 32.1. The van der Waals surface area contributed by atoms with E-state index in [4.69, 9.17) is 4.74 Å². The largest absolute Gasteiger partial charge is 0.497 e. The van der Waals surface area contributed by atoms with E-state index in [0.717, 1.165) is 70.1 Å². The Labute approximate surface area is 203 Å². The number of methoxy groups -OCH3 is 1. The molecule has 0 amide bonds. The maximum atomic E-state index is 12.7. The molecular weight excluding hydrogens is 428 g/mol. The predicted octanol–water partition coefficient (Wildman–Crippen LogP) is 4.88. The van der Waals surface area contributed by atoms with Crippen molar-refractivity contribution in [1.82, 2.24) is 9.80 Å². The van der Waals surface area contributed by atoms with Crippen molar-refractivity contribution >= 4 is 11.3 Å². The van der Waals surface area contributed by atoms with Gasteiger partial charge in [-0.1, -0.05) is 12.1 Å². The van der Waals surface area contributed by atoms with Gasteiger partial charge in [0.15, 0.2) is 0 Å². The highest BCUT2D eigenvalue weighted by molar-refractivity contribution is 7.09. The Bertz CT molecular complexity index is 943. The van der Waals surface area contributed by atoms with Crippen LogP contribution in [0.2, 0.25) is 0 Å². The van der Waals surface area contributed by atoms with Crippen LogP contribution in [-0.2, 0) is 11.8 Å². The fourth-order valence-electron chi connectivity index (χ4n) is 6.60. The third-order valence-corrected chi connectivity index (χ3v) is 9.90. The van der Waals surface area contributed by atoms with Crippen LogP contribution < -0.4 is 4.74 Å². The first-order chi connectivity index (χ1) is 15.9. The van der Waals surface area contributed by atoms with Crippen molar-refractivity contribution < 1.29 is 9.84 Å². The number of likely N-dealkylation sites (tertiary alicyclic amines) is 2. The van der Waals surface area contributed by atoms with Crippen LogP contribution in [0.3, 0.4) is 0 Å². The van der Waals surface area contributed by atoms with Gasteiger partial charge in [0.05, 0.1) is 12.7 Å². The van der Waals surface area contributed by atoms with Crippen molar-refractivity contribution in [3.63, 3.8) is 0 Å². The van der Waals surface area contributed by atoms with Gasteiger partial charge >= 0.3 is 0 Å². The minimum atomic E-state index is -0.741. The highest BCUT2D eigenvalue weighted by Gasteiger charge is 2.59. The average molecular weight is 469 g/mol. The molecule has 4 nitrogen and oxygen atoms in total. The summed E-state index contributed by atoms with van der Waals surface area (Å²) in [5.74, 6) is 1.74. The maximum absolute atomic E-state index is 12.7. The Hall–Kier alpha value is -1.40. The Morgan fingerprint density at radius 3 is 2.64 bits per heavy atom. The van der Waals surface area contributed by atoms with Gasteiger partial charge in [-0.05, 0) is 106 Å². The molecule has 3 atom stereocenters. The minimum Gasteiger partial charge on any atom is -0.497 e. The lowest BCUT2D eigenvalue weighted by Crippen LogP contribution is -2.68. The fraction of sp³-hybridized carbons (Fsp3) is 0.643. The summed E-state index contributed by atoms with van der Waals surface area (Å²) in [4.78, 5) is 6.66. The number of ether oxygens (including phenoxy) is 1. The molecular formula is C28H40N2O2S. The number of rotatable bonds is 7. The lowest BCUT2D eigenvalue weighted by molar-refractivity contribution is -0.136. The first kappa shape index (κ1) is 23.3. The van der Waals surface area contributed by atoms with Gasteiger partial charge in [-0.3, -0.25) is 4.90 Å². The summed E-state index contributed by atoms with van der Waals surface area (Å²) in [5, 5.41) is 14.9. The second-order valence-corrected chi connectivity index (χ2v) is 11.8. The molecule has 0 spiro atoms. The predicted molar refractivity (Wildman–Crippen MR) is 136 cm³/mol. The van der Waals surface area contributed by atoms with Crippen LogP contribution in [0.1, 0.15) is 55.0 Å². The van der Waals surface area contributed by atoms with Crippen LogP contribution in [-0.4, -0.2) is 66.4 Å². The molecule has 3 aliphatic rings. The van der Waals surface area contributed by atoms with E-state index in [9.17, 15) is 5.11 Å². The summed E-state index contributed by atoms with van der Waals surface area (Å²) in [5.41, 5.74) is 1.61. The van der Waals surface area contributed by atoms with E-state index in [-0.39, 0.29) is 11.5 Å². The quantitative estimate of drug-likeness (QED) is 0.629. The number of hydrogen-bond donors (Lipinski definition) is 1. The van der Waals surface area contributed by atoms with Crippen molar-refractivity contribution in [1.29, 1.82) is 0 Å². The average Bonchev–Trinajstić information content (AvgIpc) is 3.52. The smallest absolute Gasteiger partial charge is 0.119 e. The Balaban J connectivity index is 1.47. The van der Waals surface area contributed by atoms with E-state index in [2.05, 4.69) is 59.4 Å². The number of aryl methyl sites for hydroxylation is 1. The van der Waals surface area contributed by atoms with E-state index >= 15 is 0 Å². The molecule has 0 radical (unpaired) electrons. The van der Waals surface area contributed by atoms with Crippen molar-refractivity contribution in [3.05, 3.63) is 51.7 Å². The van der Waals surface area contributed by atoms with E-state index in [0.29, 0.717) is 0 Å². The maximum Gasteiger partial charge on any atom is 0.119 e. The topological polar surface area (TPSA) is 35.9 Å². The normalized spacial score (nSPS) is 31.2. The number of thiophene rings is 1. The van der Waals surface area contributed by atoms with Gasteiger partial charge in [-0.25, -0.2) is 0 Å².